The van der Waals surface area contributed by atoms with Gasteiger partial charge < -0.3 is 20.5 Å². The average Bonchev–Trinajstić information content (AvgIpc) is 2.86. The van der Waals surface area contributed by atoms with E-state index in [1.54, 1.807) is 60.7 Å². The van der Waals surface area contributed by atoms with Crippen molar-refractivity contribution in [2.24, 2.45) is 11.5 Å². The van der Waals surface area contributed by atoms with E-state index < -0.39 is 0 Å². The second-order valence-electron chi connectivity index (χ2n) is 8.89. The van der Waals surface area contributed by atoms with Gasteiger partial charge in [-0.3, -0.25) is 27.1 Å². The summed E-state index contributed by atoms with van der Waals surface area (Å²) >= 11 is 0. The van der Waals surface area contributed by atoms with Crippen LogP contribution in [0.25, 0.3) is 0 Å². The molecule has 186 valence electrons. The molecule has 10 nitrogen and oxygen atoms in total. The van der Waals surface area contributed by atoms with Gasteiger partial charge >= 0.3 is 0 Å². The fraction of sp³-hybridized carbons (Fsp3) is 0.231. The van der Waals surface area contributed by atoms with Crippen LogP contribution in [-0.2, 0) is 0 Å². The van der Waals surface area contributed by atoms with Crippen LogP contribution in [0.2, 0.25) is 0 Å². The van der Waals surface area contributed by atoms with Crippen molar-refractivity contribution in [1.29, 1.82) is 0 Å². The number of nitrogens with zero attached hydrogens (tertiary/aromatic N) is 1. The number of rotatable bonds is 8. The fourth-order valence-electron chi connectivity index (χ4n) is 3.96. The number of quaternary nitrogens is 1. The van der Waals surface area contributed by atoms with Gasteiger partial charge in [0.05, 0.1) is 22.7 Å². The van der Waals surface area contributed by atoms with Gasteiger partial charge in [-0.25, -0.2) is 0 Å². The summed E-state index contributed by atoms with van der Waals surface area (Å²) in [4.78, 5) is 17.6. The maximum absolute atomic E-state index is 13.1. The van der Waals surface area contributed by atoms with Crippen LogP contribution in [-0.4, -0.2) is 34.6 Å². The van der Waals surface area contributed by atoms with Crippen LogP contribution in [0, 0.1) is 0 Å². The van der Waals surface area contributed by atoms with Crippen molar-refractivity contribution in [3.05, 3.63) is 77.4 Å². The number of carbonyl (C=O) groups is 1. The summed E-state index contributed by atoms with van der Waals surface area (Å²) in [6, 6.07) is 17.5. The summed E-state index contributed by atoms with van der Waals surface area (Å²) in [5.41, 5.74) is 17.1. The second kappa shape index (κ2) is 10.9. The standard InChI is InChI=1S/C26H29N7O3/c27-18-5-7-19(8-6-18)32-26(34)17-13-22(35-20-9-1-15(2-10-20)24(28)29)33-23(14-17)36-21-11-3-16(4-12-21)25(30)31/h1-4,9-14,18-19H,5-8,27H2,(H3,28,29)(H3,30,31)(H,32,34)/p+3. The monoisotopic (exact) mass is 490 g/mol. The summed E-state index contributed by atoms with van der Waals surface area (Å²) < 4.78 is 11.9. The molecule has 1 fully saturated rings. The number of nitrogens with two attached hydrogens (primary N) is 4. The van der Waals surface area contributed by atoms with Crippen molar-refractivity contribution < 1.29 is 30.8 Å². The number of benzene rings is 2. The van der Waals surface area contributed by atoms with Gasteiger partial charge in [-0.2, -0.15) is 4.98 Å². The number of amidine groups is 2. The molecule has 10 heteroatoms. The van der Waals surface area contributed by atoms with Crippen LogP contribution in [0.3, 0.4) is 0 Å². The zero-order valence-corrected chi connectivity index (χ0v) is 19.9. The van der Waals surface area contributed by atoms with E-state index >= 15 is 0 Å². The molecular weight excluding hydrogens is 458 g/mol. The molecule has 1 heterocycles. The van der Waals surface area contributed by atoms with Crippen molar-refractivity contribution in [1.82, 2.24) is 10.3 Å². The molecule has 0 bridgehead atoms. The van der Waals surface area contributed by atoms with Crippen molar-refractivity contribution in [3.8, 4) is 23.3 Å². The first-order valence-corrected chi connectivity index (χ1v) is 11.7. The SMILES string of the molecule is NC(=[NH2+])c1ccc(Oc2cc(C(=O)NC3CCC([NH3+])CC3)cc(Oc3ccc(C(N)=[NH2+])cc3)n2)cc1. The highest BCUT2D eigenvalue weighted by molar-refractivity contribution is 5.95. The topological polar surface area (TPSA) is 191 Å². The van der Waals surface area contributed by atoms with Crippen LogP contribution < -0.4 is 42.8 Å². The van der Waals surface area contributed by atoms with Gasteiger partial charge in [-0.15, -0.1) is 0 Å². The summed E-state index contributed by atoms with van der Waals surface area (Å²) in [5, 5.41) is 14.4. The number of carbonyl (C=O) groups excluding carboxylic acids is 1. The minimum atomic E-state index is -0.221. The van der Waals surface area contributed by atoms with Gasteiger partial charge in [-0.1, -0.05) is 0 Å². The number of amides is 1. The third-order valence-corrected chi connectivity index (χ3v) is 6.04. The van der Waals surface area contributed by atoms with E-state index in [9.17, 15) is 4.79 Å². The quantitative estimate of drug-likeness (QED) is 0.171. The third-order valence-electron chi connectivity index (χ3n) is 6.04. The first kappa shape index (κ1) is 24.7. The summed E-state index contributed by atoms with van der Waals surface area (Å²) in [6.07, 6.45) is 3.79. The minimum Gasteiger partial charge on any atom is -0.439 e. The number of hydrogen-bond donors (Lipinski definition) is 6. The summed E-state index contributed by atoms with van der Waals surface area (Å²) in [5.74, 6) is 1.61. The molecule has 1 aliphatic rings. The molecule has 36 heavy (non-hydrogen) atoms. The number of hydrogen-bond acceptors (Lipinski definition) is 4. The lowest BCUT2D eigenvalue weighted by Gasteiger charge is -2.25. The zero-order chi connectivity index (χ0) is 25.7. The highest BCUT2D eigenvalue weighted by Crippen LogP contribution is 2.28. The highest BCUT2D eigenvalue weighted by atomic mass is 16.5. The smallest absolute Gasteiger partial charge is 0.270 e. The Morgan fingerprint density at radius 3 is 1.67 bits per heavy atom. The van der Waals surface area contributed by atoms with Gasteiger partial charge in [0.2, 0.25) is 11.8 Å². The Kier molecular flexibility index (Phi) is 7.45. The lowest BCUT2D eigenvalue weighted by molar-refractivity contribution is -0.425. The third kappa shape index (κ3) is 6.36. The Labute approximate surface area is 208 Å². The van der Waals surface area contributed by atoms with Gasteiger partial charge in [0, 0.05) is 31.0 Å². The molecule has 0 unspecified atom stereocenters. The maximum Gasteiger partial charge on any atom is 0.270 e. The molecule has 1 aromatic heterocycles. The predicted octanol–water partition coefficient (Wildman–Crippen LogP) is -1.12. The Bertz CT molecular complexity index is 1170. The second-order valence-corrected chi connectivity index (χ2v) is 8.89. The molecule has 3 aromatic rings. The van der Waals surface area contributed by atoms with E-state index in [1.807, 2.05) is 0 Å². The highest BCUT2D eigenvalue weighted by Gasteiger charge is 2.23. The normalized spacial score (nSPS) is 17.1. The van der Waals surface area contributed by atoms with Crippen LogP contribution in [0.15, 0.2) is 60.7 Å². The van der Waals surface area contributed by atoms with Crippen molar-refractivity contribution in [2.75, 3.05) is 0 Å². The van der Waals surface area contributed by atoms with Crippen molar-refractivity contribution in [2.45, 2.75) is 37.8 Å². The predicted molar refractivity (Wildman–Crippen MR) is 134 cm³/mol. The first-order chi connectivity index (χ1) is 17.3. The molecule has 0 saturated heterocycles. The van der Waals surface area contributed by atoms with Crippen molar-refractivity contribution in [3.63, 3.8) is 0 Å². The molecule has 0 spiro atoms. The van der Waals surface area contributed by atoms with E-state index in [1.165, 1.54) is 0 Å². The van der Waals surface area contributed by atoms with Gasteiger partial charge in [0.25, 0.3) is 17.6 Å². The molecule has 4 rings (SSSR count). The van der Waals surface area contributed by atoms with E-state index in [4.69, 9.17) is 31.8 Å². The fourth-order valence-corrected chi connectivity index (χ4v) is 3.96. The van der Waals surface area contributed by atoms with E-state index in [2.05, 4.69) is 16.0 Å². The molecule has 1 aliphatic carbocycles. The van der Waals surface area contributed by atoms with Crippen LogP contribution in [0.5, 0.6) is 23.3 Å². The lowest BCUT2D eigenvalue weighted by atomic mass is 9.91. The van der Waals surface area contributed by atoms with Crippen molar-refractivity contribution >= 4 is 17.6 Å². The average molecular weight is 491 g/mol. The molecule has 1 saturated carbocycles. The Morgan fingerprint density at radius 2 is 1.25 bits per heavy atom. The molecule has 0 radical (unpaired) electrons. The number of nitrogens with one attached hydrogen (secondary N) is 1. The summed E-state index contributed by atoms with van der Waals surface area (Å²) in [7, 11) is 0. The Balaban J connectivity index is 1.58. The Hall–Kier alpha value is -4.44. The van der Waals surface area contributed by atoms with Gasteiger partial charge in [0.1, 0.15) is 11.5 Å². The van der Waals surface area contributed by atoms with Crippen LogP contribution >= 0.6 is 0 Å². The van der Waals surface area contributed by atoms with E-state index in [-0.39, 0.29) is 35.4 Å². The lowest BCUT2D eigenvalue weighted by Crippen LogP contribution is -2.62. The van der Waals surface area contributed by atoms with Crippen LogP contribution in [0.1, 0.15) is 47.2 Å². The number of ether oxygens (including phenoxy) is 2. The molecule has 0 aliphatic heterocycles. The minimum absolute atomic E-state index is 0.105. The number of aromatic nitrogens is 1. The van der Waals surface area contributed by atoms with Gasteiger partial charge in [0.15, 0.2) is 0 Å². The van der Waals surface area contributed by atoms with E-state index in [0.29, 0.717) is 34.2 Å². The maximum atomic E-state index is 13.1. The summed E-state index contributed by atoms with van der Waals surface area (Å²) in [6.45, 7) is 0. The number of pyridine rings is 1. The zero-order valence-electron chi connectivity index (χ0n) is 19.9. The van der Waals surface area contributed by atoms with Gasteiger partial charge in [-0.05, 0) is 61.4 Å². The van der Waals surface area contributed by atoms with E-state index in [0.717, 1.165) is 25.7 Å². The Morgan fingerprint density at radius 1 is 0.806 bits per heavy atom. The molecule has 1 amide bonds. The molecule has 2 aromatic carbocycles. The first-order valence-electron chi connectivity index (χ1n) is 11.7. The molecular formula is C26H32N7O3+3. The van der Waals surface area contributed by atoms with Crippen LogP contribution in [0.4, 0.5) is 0 Å². The molecule has 0 atom stereocenters. The molecule has 12 N–H and O–H groups in total. The largest absolute Gasteiger partial charge is 0.439 e.